The van der Waals surface area contributed by atoms with Gasteiger partial charge < -0.3 is 10.1 Å². The first kappa shape index (κ1) is 15.4. The lowest BCUT2D eigenvalue weighted by Gasteiger charge is -2.08. The fourth-order valence-electron chi connectivity index (χ4n) is 1.58. The first-order valence-corrected chi connectivity index (χ1v) is 7.83. The van der Waals surface area contributed by atoms with E-state index in [9.17, 15) is 0 Å². The first-order chi connectivity index (χ1) is 9.79. The lowest BCUT2D eigenvalue weighted by Crippen LogP contribution is -2.18. The van der Waals surface area contributed by atoms with E-state index in [-0.39, 0.29) is 0 Å². The van der Waals surface area contributed by atoms with Gasteiger partial charge in [0.1, 0.15) is 0 Å². The van der Waals surface area contributed by atoms with Crippen molar-refractivity contribution in [3.63, 3.8) is 0 Å². The molecule has 0 saturated carbocycles. The highest BCUT2D eigenvalue weighted by molar-refractivity contribution is 9.10. The SMILES string of the molecule is COCCNCc1ccc(Sc2ncccn2)cc1Br. The molecule has 0 saturated heterocycles. The quantitative estimate of drug-likeness (QED) is 0.612. The number of aromatic nitrogens is 2. The van der Waals surface area contributed by atoms with Crippen LogP contribution in [0, 0.1) is 0 Å². The van der Waals surface area contributed by atoms with Gasteiger partial charge in [-0.05, 0) is 35.5 Å². The van der Waals surface area contributed by atoms with Crippen LogP contribution < -0.4 is 5.32 Å². The topological polar surface area (TPSA) is 47.0 Å². The minimum Gasteiger partial charge on any atom is -0.383 e. The zero-order chi connectivity index (χ0) is 14.2. The maximum absolute atomic E-state index is 5.00. The van der Waals surface area contributed by atoms with E-state index in [2.05, 4.69) is 49.4 Å². The fraction of sp³-hybridized carbons (Fsp3) is 0.286. The lowest BCUT2D eigenvalue weighted by molar-refractivity contribution is 0.199. The molecule has 0 atom stereocenters. The van der Waals surface area contributed by atoms with Crippen molar-refractivity contribution < 1.29 is 4.74 Å². The zero-order valence-electron chi connectivity index (χ0n) is 11.2. The molecule has 0 aliphatic heterocycles. The Balaban J connectivity index is 1.95. The third kappa shape index (κ3) is 4.86. The van der Waals surface area contributed by atoms with E-state index >= 15 is 0 Å². The minimum absolute atomic E-state index is 0.719. The van der Waals surface area contributed by atoms with Crippen LogP contribution in [-0.2, 0) is 11.3 Å². The summed E-state index contributed by atoms with van der Waals surface area (Å²) in [4.78, 5) is 9.53. The van der Waals surface area contributed by atoms with Crippen molar-refractivity contribution in [3.05, 3.63) is 46.7 Å². The maximum atomic E-state index is 5.00. The van der Waals surface area contributed by atoms with Gasteiger partial charge in [0.15, 0.2) is 5.16 Å². The van der Waals surface area contributed by atoms with Crippen molar-refractivity contribution in [2.24, 2.45) is 0 Å². The van der Waals surface area contributed by atoms with Crippen molar-refractivity contribution in [2.45, 2.75) is 16.6 Å². The Kier molecular flexibility index (Phi) is 6.46. The van der Waals surface area contributed by atoms with Crippen LogP contribution in [0.5, 0.6) is 0 Å². The Hall–Kier alpha value is -0.950. The van der Waals surface area contributed by atoms with Crippen LogP contribution in [0.4, 0.5) is 0 Å². The molecule has 20 heavy (non-hydrogen) atoms. The van der Waals surface area contributed by atoms with Crippen LogP contribution in [-0.4, -0.2) is 30.2 Å². The number of ether oxygens (including phenoxy) is 1. The number of methoxy groups -OCH3 is 1. The molecule has 0 aliphatic rings. The summed E-state index contributed by atoms with van der Waals surface area (Å²) in [5, 5.41) is 4.08. The van der Waals surface area contributed by atoms with Gasteiger partial charge in [-0.25, -0.2) is 9.97 Å². The van der Waals surface area contributed by atoms with Crippen molar-refractivity contribution in [3.8, 4) is 0 Å². The highest BCUT2D eigenvalue weighted by atomic mass is 79.9. The monoisotopic (exact) mass is 353 g/mol. The Morgan fingerprint density at radius 2 is 2.10 bits per heavy atom. The summed E-state index contributed by atoms with van der Waals surface area (Å²) in [6.45, 7) is 2.38. The normalized spacial score (nSPS) is 10.7. The van der Waals surface area contributed by atoms with Crippen LogP contribution in [0.15, 0.2) is 51.2 Å². The highest BCUT2D eigenvalue weighted by Gasteiger charge is 2.04. The number of rotatable bonds is 7. The molecule has 1 aromatic carbocycles. The van der Waals surface area contributed by atoms with Crippen molar-refractivity contribution in [1.29, 1.82) is 0 Å². The molecule has 2 rings (SSSR count). The van der Waals surface area contributed by atoms with E-state index in [1.807, 2.05) is 6.07 Å². The molecular weight excluding hydrogens is 338 g/mol. The second-order valence-corrected chi connectivity index (χ2v) is 5.95. The van der Waals surface area contributed by atoms with Gasteiger partial charge >= 0.3 is 0 Å². The number of nitrogens with zero attached hydrogens (tertiary/aromatic N) is 2. The van der Waals surface area contributed by atoms with Gasteiger partial charge in [-0.3, -0.25) is 0 Å². The Bertz CT molecular complexity index is 539. The summed E-state index contributed by atoms with van der Waals surface area (Å²) in [7, 11) is 1.70. The Labute approximate surface area is 131 Å². The van der Waals surface area contributed by atoms with Gasteiger partial charge in [-0.1, -0.05) is 22.0 Å². The standard InChI is InChI=1S/C14H16BrN3OS/c1-19-8-7-16-10-11-3-4-12(9-13(11)15)20-14-17-5-2-6-18-14/h2-6,9,16H,7-8,10H2,1H3. The predicted octanol–water partition coefficient (Wildman–Crippen LogP) is 3.13. The van der Waals surface area contributed by atoms with Crippen LogP contribution in [0.2, 0.25) is 0 Å². The molecule has 0 fully saturated rings. The number of benzene rings is 1. The molecule has 1 aromatic heterocycles. The van der Waals surface area contributed by atoms with Gasteiger partial charge in [-0.15, -0.1) is 0 Å². The number of nitrogens with one attached hydrogen (secondary N) is 1. The summed E-state index contributed by atoms with van der Waals surface area (Å²) >= 11 is 5.15. The second kappa shape index (κ2) is 8.36. The van der Waals surface area contributed by atoms with Crippen LogP contribution in [0.3, 0.4) is 0 Å². The predicted molar refractivity (Wildman–Crippen MR) is 83.9 cm³/mol. The molecular formula is C14H16BrN3OS. The average Bonchev–Trinajstić information content (AvgIpc) is 2.46. The zero-order valence-corrected chi connectivity index (χ0v) is 13.6. The second-order valence-electron chi connectivity index (χ2n) is 4.06. The molecule has 0 aliphatic carbocycles. The van der Waals surface area contributed by atoms with E-state index in [4.69, 9.17) is 4.74 Å². The lowest BCUT2D eigenvalue weighted by atomic mass is 10.2. The Morgan fingerprint density at radius 3 is 2.80 bits per heavy atom. The average molecular weight is 354 g/mol. The third-order valence-corrected chi connectivity index (χ3v) is 4.20. The first-order valence-electron chi connectivity index (χ1n) is 6.22. The van der Waals surface area contributed by atoms with Crippen molar-refractivity contribution >= 4 is 27.7 Å². The maximum Gasteiger partial charge on any atom is 0.192 e. The van der Waals surface area contributed by atoms with Gasteiger partial charge in [0.25, 0.3) is 0 Å². The molecule has 1 heterocycles. The van der Waals surface area contributed by atoms with Gasteiger partial charge in [-0.2, -0.15) is 0 Å². The molecule has 0 radical (unpaired) electrons. The molecule has 0 unspecified atom stereocenters. The van der Waals surface area contributed by atoms with E-state index in [0.717, 1.165) is 34.2 Å². The van der Waals surface area contributed by atoms with E-state index in [1.165, 1.54) is 5.56 Å². The largest absolute Gasteiger partial charge is 0.383 e. The summed E-state index contributed by atoms with van der Waals surface area (Å²) in [5.74, 6) is 0. The molecule has 106 valence electrons. The smallest absolute Gasteiger partial charge is 0.192 e. The van der Waals surface area contributed by atoms with E-state index in [1.54, 1.807) is 31.3 Å². The van der Waals surface area contributed by atoms with Crippen molar-refractivity contribution in [1.82, 2.24) is 15.3 Å². The molecule has 2 aromatic rings. The van der Waals surface area contributed by atoms with Crippen molar-refractivity contribution in [2.75, 3.05) is 20.3 Å². The molecule has 0 amide bonds. The minimum atomic E-state index is 0.719. The van der Waals surface area contributed by atoms with Gasteiger partial charge in [0.2, 0.25) is 0 Å². The summed E-state index contributed by atoms with van der Waals surface area (Å²) in [6.07, 6.45) is 3.50. The van der Waals surface area contributed by atoms with Gasteiger partial charge in [0.05, 0.1) is 6.61 Å². The van der Waals surface area contributed by atoms with E-state index in [0.29, 0.717) is 0 Å². The van der Waals surface area contributed by atoms with E-state index < -0.39 is 0 Å². The van der Waals surface area contributed by atoms with Crippen LogP contribution in [0.25, 0.3) is 0 Å². The number of hydrogen-bond donors (Lipinski definition) is 1. The fourth-order valence-corrected chi connectivity index (χ4v) is 3.00. The number of hydrogen-bond acceptors (Lipinski definition) is 5. The number of halogens is 1. The summed E-state index contributed by atoms with van der Waals surface area (Å²) in [5.41, 5.74) is 1.22. The Morgan fingerprint density at radius 1 is 1.30 bits per heavy atom. The summed E-state index contributed by atoms with van der Waals surface area (Å²) < 4.78 is 6.09. The van der Waals surface area contributed by atoms with Crippen LogP contribution in [0.1, 0.15) is 5.56 Å². The molecule has 0 spiro atoms. The molecule has 0 bridgehead atoms. The molecule has 1 N–H and O–H groups in total. The molecule has 4 nitrogen and oxygen atoms in total. The summed E-state index contributed by atoms with van der Waals surface area (Å²) in [6, 6.07) is 8.09. The third-order valence-electron chi connectivity index (χ3n) is 2.57. The van der Waals surface area contributed by atoms with Crippen LogP contribution >= 0.6 is 27.7 Å². The molecule has 6 heteroatoms. The highest BCUT2D eigenvalue weighted by Crippen LogP contribution is 2.28. The van der Waals surface area contributed by atoms with Gasteiger partial charge in [0, 0.05) is 42.0 Å².